The van der Waals surface area contributed by atoms with Crippen molar-refractivity contribution in [1.29, 1.82) is 0 Å². The van der Waals surface area contributed by atoms with Crippen molar-refractivity contribution < 1.29 is 14.3 Å². The fourth-order valence-corrected chi connectivity index (χ4v) is 1.72. The maximum absolute atomic E-state index is 11.8. The maximum atomic E-state index is 11.8. The number of nitrogens with two attached hydrogens (primary N) is 2. The summed E-state index contributed by atoms with van der Waals surface area (Å²) in [5.41, 5.74) is 12.1. The van der Waals surface area contributed by atoms with Crippen LogP contribution in [-0.2, 0) is 16.1 Å². The molecule has 0 aliphatic rings. The van der Waals surface area contributed by atoms with Crippen LogP contribution in [0.5, 0.6) is 5.75 Å². The molecular formula is C15H25N3O3. The minimum absolute atomic E-state index is 0.446. The van der Waals surface area contributed by atoms with Gasteiger partial charge in [0.25, 0.3) is 0 Å². The Labute approximate surface area is 125 Å². The van der Waals surface area contributed by atoms with Crippen molar-refractivity contribution in [2.24, 2.45) is 11.5 Å². The number of carbonyl (C=O) groups is 1. The summed E-state index contributed by atoms with van der Waals surface area (Å²) in [6.45, 7) is 5.80. The third-order valence-electron chi connectivity index (χ3n) is 2.79. The number of methoxy groups -OCH3 is 1. The summed E-state index contributed by atoms with van der Waals surface area (Å²) < 4.78 is 10.5. The van der Waals surface area contributed by atoms with Crippen molar-refractivity contribution in [2.75, 3.05) is 7.11 Å². The molecule has 21 heavy (non-hydrogen) atoms. The van der Waals surface area contributed by atoms with Gasteiger partial charge in [-0.15, -0.1) is 0 Å². The number of hydrogen-bond acceptors (Lipinski definition) is 6. The van der Waals surface area contributed by atoms with E-state index in [1.54, 1.807) is 27.9 Å². The standard InChI is InChI=1S/C15H25N3O3/c1-15(2,3)21-14(19)12(16)13(17)18-9-10-7-5-6-8-11(10)20-4/h5-8,12-13,18H,9,16-17H2,1-4H3. The third kappa shape index (κ3) is 5.71. The summed E-state index contributed by atoms with van der Waals surface area (Å²) in [6.07, 6.45) is -0.704. The van der Waals surface area contributed by atoms with Crippen molar-refractivity contribution in [2.45, 2.75) is 45.1 Å². The molecule has 0 heterocycles. The minimum atomic E-state index is -0.932. The summed E-state index contributed by atoms with van der Waals surface area (Å²) in [5.74, 6) is 0.227. The van der Waals surface area contributed by atoms with E-state index in [1.165, 1.54) is 0 Å². The van der Waals surface area contributed by atoms with E-state index in [0.29, 0.717) is 6.54 Å². The number of para-hydroxylation sites is 1. The summed E-state index contributed by atoms with van der Waals surface area (Å²) in [6, 6.07) is 6.63. The molecule has 0 amide bonds. The first-order valence-electron chi connectivity index (χ1n) is 6.84. The van der Waals surface area contributed by atoms with Gasteiger partial charge in [0, 0.05) is 12.1 Å². The summed E-state index contributed by atoms with van der Waals surface area (Å²) in [5, 5.41) is 3.01. The predicted octanol–water partition coefficient (Wildman–Crippen LogP) is 0.739. The normalized spacial score (nSPS) is 14.4. The van der Waals surface area contributed by atoms with E-state index >= 15 is 0 Å². The molecule has 6 heteroatoms. The van der Waals surface area contributed by atoms with Gasteiger partial charge in [0.15, 0.2) is 0 Å². The second kappa shape index (κ2) is 7.40. The first-order valence-corrected chi connectivity index (χ1v) is 6.84. The molecule has 0 aromatic heterocycles. The molecule has 2 unspecified atom stereocenters. The lowest BCUT2D eigenvalue weighted by Gasteiger charge is -2.25. The molecule has 1 aromatic carbocycles. The summed E-state index contributed by atoms with van der Waals surface area (Å²) in [4.78, 5) is 11.8. The van der Waals surface area contributed by atoms with Gasteiger partial charge >= 0.3 is 5.97 Å². The molecule has 2 atom stereocenters. The highest BCUT2D eigenvalue weighted by Crippen LogP contribution is 2.16. The van der Waals surface area contributed by atoms with Crippen LogP contribution in [0.25, 0.3) is 0 Å². The van der Waals surface area contributed by atoms with E-state index in [2.05, 4.69) is 5.32 Å². The third-order valence-corrected chi connectivity index (χ3v) is 2.79. The van der Waals surface area contributed by atoms with E-state index in [1.807, 2.05) is 24.3 Å². The molecule has 0 saturated carbocycles. The Kier molecular flexibility index (Phi) is 6.14. The molecule has 0 fully saturated rings. The fourth-order valence-electron chi connectivity index (χ4n) is 1.72. The SMILES string of the molecule is COc1ccccc1CNC(N)C(N)C(=O)OC(C)(C)C. The van der Waals surface area contributed by atoms with Crippen LogP contribution in [0.4, 0.5) is 0 Å². The molecule has 0 spiro atoms. The van der Waals surface area contributed by atoms with Gasteiger partial charge < -0.3 is 20.9 Å². The van der Waals surface area contributed by atoms with Crippen LogP contribution < -0.4 is 21.5 Å². The van der Waals surface area contributed by atoms with E-state index in [-0.39, 0.29) is 0 Å². The number of benzene rings is 1. The molecule has 6 nitrogen and oxygen atoms in total. The molecule has 118 valence electrons. The Morgan fingerprint density at radius 2 is 1.90 bits per heavy atom. The summed E-state index contributed by atoms with van der Waals surface area (Å²) >= 11 is 0. The fraction of sp³-hybridized carbons (Fsp3) is 0.533. The van der Waals surface area contributed by atoms with Crippen molar-refractivity contribution in [3.05, 3.63) is 29.8 Å². The average Bonchev–Trinajstić information content (AvgIpc) is 2.42. The second-order valence-electron chi connectivity index (χ2n) is 5.78. The minimum Gasteiger partial charge on any atom is -0.496 e. The van der Waals surface area contributed by atoms with Gasteiger partial charge in [0.05, 0.1) is 13.3 Å². The number of nitrogens with one attached hydrogen (secondary N) is 1. The van der Waals surface area contributed by atoms with E-state index in [0.717, 1.165) is 11.3 Å². The summed E-state index contributed by atoms with van der Waals surface area (Å²) in [7, 11) is 1.60. The van der Waals surface area contributed by atoms with Gasteiger partial charge in [0.2, 0.25) is 0 Å². The smallest absolute Gasteiger partial charge is 0.326 e. The molecule has 0 radical (unpaired) electrons. The topological polar surface area (TPSA) is 99.6 Å². The van der Waals surface area contributed by atoms with Crippen molar-refractivity contribution in [3.63, 3.8) is 0 Å². The number of esters is 1. The lowest BCUT2D eigenvalue weighted by Crippen LogP contribution is -2.56. The number of hydrogen-bond donors (Lipinski definition) is 3. The van der Waals surface area contributed by atoms with Crippen LogP contribution in [-0.4, -0.2) is 30.9 Å². The molecule has 0 bridgehead atoms. The Morgan fingerprint density at radius 1 is 1.29 bits per heavy atom. The van der Waals surface area contributed by atoms with Crippen LogP contribution in [0.2, 0.25) is 0 Å². The second-order valence-corrected chi connectivity index (χ2v) is 5.78. The van der Waals surface area contributed by atoms with Crippen LogP contribution in [0.15, 0.2) is 24.3 Å². The van der Waals surface area contributed by atoms with E-state index in [9.17, 15) is 4.79 Å². The molecular weight excluding hydrogens is 270 g/mol. The Morgan fingerprint density at radius 3 is 2.48 bits per heavy atom. The van der Waals surface area contributed by atoms with Crippen molar-refractivity contribution >= 4 is 5.97 Å². The Bertz CT molecular complexity index is 471. The Hall–Kier alpha value is -1.63. The van der Waals surface area contributed by atoms with Gasteiger partial charge in [-0.1, -0.05) is 18.2 Å². The van der Waals surface area contributed by atoms with Gasteiger partial charge in [-0.25, -0.2) is 0 Å². The van der Waals surface area contributed by atoms with Gasteiger partial charge in [0.1, 0.15) is 17.4 Å². The zero-order valence-electron chi connectivity index (χ0n) is 13.1. The van der Waals surface area contributed by atoms with Crippen molar-refractivity contribution in [3.8, 4) is 5.75 Å². The molecule has 0 aliphatic carbocycles. The largest absolute Gasteiger partial charge is 0.496 e. The number of ether oxygens (including phenoxy) is 2. The highest BCUT2D eigenvalue weighted by atomic mass is 16.6. The molecule has 1 aromatic rings. The zero-order chi connectivity index (χ0) is 16.0. The molecule has 1 rings (SSSR count). The van der Waals surface area contributed by atoms with Crippen LogP contribution in [0.3, 0.4) is 0 Å². The number of carbonyl (C=O) groups excluding carboxylic acids is 1. The molecule has 0 saturated heterocycles. The lowest BCUT2D eigenvalue weighted by atomic mass is 10.1. The quantitative estimate of drug-likeness (QED) is 0.529. The van der Waals surface area contributed by atoms with E-state index < -0.39 is 23.8 Å². The Balaban J connectivity index is 2.56. The highest BCUT2D eigenvalue weighted by Gasteiger charge is 2.26. The molecule has 0 aliphatic heterocycles. The molecule has 5 N–H and O–H groups in total. The average molecular weight is 295 g/mol. The van der Waals surface area contributed by atoms with Crippen LogP contribution in [0, 0.1) is 0 Å². The van der Waals surface area contributed by atoms with Gasteiger partial charge in [-0.2, -0.15) is 0 Å². The predicted molar refractivity (Wildman–Crippen MR) is 81.6 cm³/mol. The monoisotopic (exact) mass is 295 g/mol. The first kappa shape index (κ1) is 17.4. The van der Waals surface area contributed by atoms with Gasteiger partial charge in [-0.3, -0.25) is 10.1 Å². The van der Waals surface area contributed by atoms with Crippen LogP contribution >= 0.6 is 0 Å². The zero-order valence-corrected chi connectivity index (χ0v) is 13.1. The first-order chi connectivity index (χ1) is 9.74. The van der Waals surface area contributed by atoms with Crippen LogP contribution in [0.1, 0.15) is 26.3 Å². The lowest BCUT2D eigenvalue weighted by molar-refractivity contribution is -0.157. The van der Waals surface area contributed by atoms with Crippen molar-refractivity contribution in [1.82, 2.24) is 5.32 Å². The number of rotatable bonds is 6. The van der Waals surface area contributed by atoms with E-state index in [4.69, 9.17) is 20.9 Å². The van der Waals surface area contributed by atoms with Gasteiger partial charge in [-0.05, 0) is 26.8 Å². The highest BCUT2D eigenvalue weighted by molar-refractivity contribution is 5.76. The maximum Gasteiger partial charge on any atom is 0.326 e.